The highest BCUT2D eigenvalue weighted by Crippen LogP contribution is 2.36. The molecule has 1 saturated heterocycles. The van der Waals surface area contributed by atoms with Crippen molar-refractivity contribution in [2.75, 3.05) is 31.7 Å². The first-order chi connectivity index (χ1) is 20.3. The molecule has 2 aliphatic rings. The first kappa shape index (κ1) is 28.5. The molecule has 0 saturated carbocycles. The third kappa shape index (κ3) is 6.47. The number of amides is 3. The number of nitro benzene ring substituents is 1. The summed E-state index contributed by atoms with van der Waals surface area (Å²) in [7, 11) is 0. The van der Waals surface area contributed by atoms with Crippen LogP contribution >= 0.6 is 11.8 Å². The zero-order chi connectivity index (χ0) is 29.6. The molecule has 1 N–H and O–H groups in total. The molecule has 0 aliphatic carbocycles. The summed E-state index contributed by atoms with van der Waals surface area (Å²) >= 11 is 0.725. The van der Waals surface area contributed by atoms with E-state index >= 15 is 0 Å². The van der Waals surface area contributed by atoms with Gasteiger partial charge in [-0.05, 0) is 60.7 Å². The Morgan fingerprint density at radius 3 is 2.62 bits per heavy atom. The second-order valence-electron chi connectivity index (χ2n) is 8.99. The Morgan fingerprint density at radius 2 is 1.83 bits per heavy atom. The van der Waals surface area contributed by atoms with Gasteiger partial charge >= 0.3 is 0 Å². The monoisotopic (exact) mass is 591 g/mol. The number of para-hydroxylation sites is 1. The number of fused-ring (bicyclic) bond motifs is 1. The number of nitrogens with zero attached hydrogens (tertiary/aromatic N) is 2. The number of nitro groups is 1. The van der Waals surface area contributed by atoms with Gasteiger partial charge in [-0.15, -0.1) is 0 Å². The van der Waals surface area contributed by atoms with E-state index in [9.17, 15) is 24.5 Å². The molecular formula is C29H25N3O9S. The third-order valence-electron chi connectivity index (χ3n) is 6.14. The summed E-state index contributed by atoms with van der Waals surface area (Å²) in [5.41, 5.74) is 1.35. The van der Waals surface area contributed by atoms with Crippen molar-refractivity contribution in [1.29, 1.82) is 0 Å². The van der Waals surface area contributed by atoms with Crippen molar-refractivity contribution in [1.82, 2.24) is 4.90 Å². The molecule has 3 aromatic carbocycles. The van der Waals surface area contributed by atoms with Gasteiger partial charge in [0, 0.05) is 17.8 Å². The topological polar surface area (TPSA) is 147 Å². The standard InChI is InChI=1S/C29H25N3O9S/c1-2-38-24-13-18(7-9-23(24)41-17-19-5-3-4-6-21(19)32(36)37)14-26-28(34)31(29(35)42-26)16-27(33)30-20-8-10-22-25(15-20)40-12-11-39-22/h3-10,13-15H,2,11-12,16-17H2,1H3,(H,30,33)/b26-14+. The van der Waals surface area contributed by atoms with E-state index in [0.29, 0.717) is 59.6 Å². The normalized spacial score (nSPS) is 15.1. The maximum atomic E-state index is 13.0. The number of hydrogen-bond acceptors (Lipinski definition) is 10. The van der Waals surface area contributed by atoms with E-state index in [1.165, 1.54) is 12.1 Å². The van der Waals surface area contributed by atoms with Crippen LogP contribution in [0.1, 0.15) is 18.1 Å². The van der Waals surface area contributed by atoms with Crippen molar-refractivity contribution < 1.29 is 38.3 Å². The fourth-order valence-electron chi connectivity index (χ4n) is 4.22. The molecule has 2 heterocycles. The lowest BCUT2D eigenvalue weighted by molar-refractivity contribution is -0.385. The van der Waals surface area contributed by atoms with Gasteiger partial charge in [0.25, 0.3) is 16.8 Å². The lowest BCUT2D eigenvalue weighted by Gasteiger charge is -2.19. The first-order valence-electron chi connectivity index (χ1n) is 12.9. The number of carbonyl (C=O) groups excluding carboxylic acids is 3. The number of imide groups is 1. The minimum Gasteiger partial charge on any atom is -0.490 e. The Kier molecular flexibility index (Phi) is 8.58. The Balaban J connectivity index is 1.25. The largest absolute Gasteiger partial charge is 0.490 e. The Bertz CT molecular complexity index is 1590. The Labute approximate surface area is 244 Å². The Morgan fingerprint density at radius 1 is 1.05 bits per heavy atom. The molecule has 0 unspecified atom stereocenters. The van der Waals surface area contributed by atoms with E-state index in [2.05, 4.69) is 5.32 Å². The minimum absolute atomic E-state index is 0.0518. The van der Waals surface area contributed by atoms with Gasteiger partial charge in [-0.3, -0.25) is 29.4 Å². The summed E-state index contributed by atoms with van der Waals surface area (Å²) < 4.78 is 22.5. The predicted molar refractivity (Wildman–Crippen MR) is 154 cm³/mol. The molecular weight excluding hydrogens is 566 g/mol. The molecule has 5 rings (SSSR count). The number of anilines is 1. The van der Waals surface area contributed by atoms with Crippen molar-refractivity contribution >= 4 is 46.3 Å². The number of carbonyl (C=O) groups is 3. The molecule has 0 atom stereocenters. The number of rotatable bonds is 10. The maximum Gasteiger partial charge on any atom is 0.294 e. The van der Waals surface area contributed by atoms with Gasteiger partial charge in [0.05, 0.1) is 22.0 Å². The van der Waals surface area contributed by atoms with E-state index in [4.69, 9.17) is 18.9 Å². The van der Waals surface area contributed by atoms with Gasteiger partial charge < -0.3 is 24.3 Å². The van der Waals surface area contributed by atoms with Crippen molar-refractivity contribution in [3.05, 3.63) is 86.8 Å². The average molecular weight is 592 g/mol. The molecule has 13 heteroatoms. The van der Waals surface area contributed by atoms with Crippen LogP contribution < -0.4 is 24.3 Å². The fourth-order valence-corrected chi connectivity index (χ4v) is 5.06. The summed E-state index contributed by atoms with van der Waals surface area (Å²) in [5, 5.41) is 13.4. The van der Waals surface area contributed by atoms with Gasteiger partial charge in [-0.2, -0.15) is 0 Å². The molecule has 216 valence electrons. The van der Waals surface area contributed by atoms with Crippen molar-refractivity contribution in [2.24, 2.45) is 0 Å². The van der Waals surface area contributed by atoms with E-state index in [-0.39, 0.29) is 17.2 Å². The molecule has 3 amide bonds. The molecule has 12 nitrogen and oxygen atoms in total. The molecule has 2 aliphatic heterocycles. The molecule has 0 radical (unpaired) electrons. The molecule has 42 heavy (non-hydrogen) atoms. The van der Waals surface area contributed by atoms with Crippen LogP contribution in [-0.2, 0) is 16.2 Å². The number of thioether (sulfide) groups is 1. The van der Waals surface area contributed by atoms with Crippen LogP contribution in [-0.4, -0.2) is 53.2 Å². The quantitative estimate of drug-likeness (QED) is 0.194. The van der Waals surface area contributed by atoms with Crippen LogP contribution in [0.4, 0.5) is 16.2 Å². The molecule has 0 aromatic heterocycles. The highest BCUT2D eigenvalue weighted by molar-refractivity contribution is 8.18. The number of nitrogens with one attached hydrogen (secondary N) is 1. The highest BCUT2D eigenvalue weighted by atomic mass is 32.2. The van der Waals surface area contributed by atoms with Crippen LogP contribution in [0.25, 0.3) is 6.08 Å². The first-order valence-corrected chi connectivity index (χ1v) is 13.7. The number of ether oxygens (including phenoxy) is 4. The van der Waals surface area contributed by atoms with Crippen molar-refractivity contribution in [2.45, 2.75) is 13.5 Å². The van der Waals surface area contributed by atoms with Crippen LogP contribution in [0.3, 0.4) is 0 Å². The fraction of sp³-hybridized carbons (Fsp3) is 0.207. The van der Waals surface area contributed by atoms with E-state index in [0.717, 1.165) is 16.7 Å². The van der Waals surface area contributed by atoms with E-state index in [1.54, 1.807) is 61.5 Å². The smallest absolute Gasteiger partial charge is 0.294 e. The van der Waals surface area contributed by atoms with Gasteiger partial charge in [0.15, 0.2) is 23.0 Å². The van der Waals surface area contributed by atoms with Crippen LogP contribution in [0.15, 0.2) is 65.6 Å². The molecule has 0 bridgehead atoms. The molecule has 0 spiro atoms. The highest BCUT2D eigenvalue weighted by Gasteiger charge is 2.36. The van der Waals surface area contributed by atoms with E-state index in [1.807, 2.05) is 0 Å². The van der Waals surface area contributed by atoms with Crippen molar-refractivity contribution in [3.63, 3.8) is 0 Å². The zero-order valence-corrected chi connectivity index (χ0v) is 23.2. The summed E-state index contributed by atoms with van der Waals surface area (Å²) in [6.07, 6.45) is 1.53. The average Bonchev–Trinajstić information content (AvgIpc) is 3.24. The van der Waals surface area contributed by atoms with Crippen LogP contribution in [0.2, 0.25) is 0 Å². The number of hydrogen-bond donors (Lipinski definition) is 1. The van der Waals surface area contributed by atoms with Gasteiger partial charge in [0.1, 0.15) is 26.4 Å². The zero-order valence-electron chi connectivity index (χ0n) is 22.4. The van der Waals surface area contributed by atoms with E-state index < -0.39 is 28.5 Å². The number of benzene rings is 3. The predicted octanol–water partition coefficient (Wildman–Crippen LogP) is 5.02. The Hall–Kier alpha value is -5.04. The summed E-state index contributed by atoms with van der Waals surface area (Å²) in [6.45, 7) is 2.44. The van der Waals surface area contributed by atoms with Gasteiger partial charge in [-0.25, -0.2) is 0 Å². The lowest BCUT2D eigenvalue weighted by atomic mass is 10.1. The maximum absolute atomic E-state index is 13.0. The van der Waals surface area contributed by atoms with Gasteiger partial charge in [0.2, 0.25) is 5.91 Å². The summed E-state index contributed by atoms with van der Waals surface area (Å²) in [6, 6.07) is 16.1. The summed E-state index contributed by atoms with van der Waals surface area (Å²) in [4.78, 5) is 50.1. The second kappa shape index (κ2) is 12.6. The molecule has 3 aromatic rings. The third-order valence-corrected chi connectivity index (χ3v) is 7.05. The van der Waals surface area contributed by atoms with Gasteiger partial charge in [-0.1, -0.05) is 18.2 Å². The lowest BCUT2D eigenvalue weighted by Crippen LogP contribution is -2.36. The molecule has 1 fully saturated rings. The van der Waals surface area contributed by atoms with Crippen LogP contribution in [0.5, 0.6) is 23.0 Å². The second-order valence-corrected chi connectivity index (χ2v) is 9.98. The van der Waals surface area contributed by atoms with Crippen molar-refractivity contribution in [3.8, 4) is 23.0 Å². The summed E-state index contributed by atoms with van der Waals surface area (Å²) in [5.74, 6) is 0.643. The SMILES string of the molecule is CCOc1cc(/C=C2/SC(=O)N(CC(=O)Nc3ccc4c(c3)OCCO4)C2=O)ccc1OCc1ccccc1[N+](=O)[O-]. The van der Waals surface area contributed by atoms with Crippen LogP contribution in [0, 0.1) is 10.1 Å². The minimum atomic E-state index is -0.600.